The Kier molecular flexibility index (Phi) is 10.5. The van der Waals surface area contributed by atoms with E-state index in [0.29, 0.717) is 0 Å². The van der Waals surface area contributed by atoms with E-state index in [4.69, 9.17) is 17.3 Å². The Morgan fingerprint density at radius 2 is 1.30 bits per heavy atom. The highest BCUT2D eigenvalue weighted by atomic mass is 35.5. The summed E-state index contributed by atoms with van der Waals surface area (Å²) in [5.41, 5.74) is 10.7. The minimum absolute atomic E-state index is 0.0171. The van der Waals surface area contributed by atoms with Gasteiger partial charge in [-0.2, -0.15) is 0 Å². The van der Waals surface area contributed by atoms with Gasteiger partial charge in [-0.25, -0.2) is 9.97 Å². The van der Waals surface area contributed by atoms with E-state index in [0.717, 1.165) is 28.1 Å². The number of nitro groups is 2. The molecule has 0 fully saturated rings. The second kappa shape index (κ2) is 13.5. The summed E-state index contributed by atoms with van der Waals surface area (Å²) in [7, 11) is 0. The van der Waals surface area contributed by atoms with Gasteiger partial charge in [0.2, 0.25) is 11.0 Å². The first kappa shape index (κ1) is 28.7. The Morgan fingerprint density at radius 1 is 0.757 bits per heavy atom. The quantitative estimate of drug-likeness (QED) is 0.127. The number of nitrogens with one attached hydrogen (secondary N) is 1. The van der Waals surface area contributed by atoms with Crippen molar-refractivity contribution in [1.82, 2.24) is 9.97 Å². The number of hydrogen-bond acceptors (Lipinski definition) is 8. The summed E-state index contributed by atoms with van der Waals surface area (Å²) in [6.07, 6.45) is 3.08. The molecule has 4 rings (SSSR count). The molecule has 0 unspecified atom stereocenters. The number of nitrogens with two attached hydrogens (primary N) is 1. The molecule has 0 radical (unpaired) electrons. The molecule has 0 aliphatic rings. The number of pyridine rings is 2. The number of nitrogen functional groups attached to an aromatic ring is 1. The van der Waals surface area contributed by atoms with Crippen molar-refractivity contribution in [3.63, 3.8) is 0 Å². The second-order valence-corrected chi connectivity index (χ2v) is 8.48. The monoisotopic (exact) mass is 522 g/mol. The molecule has 0 aliphatic carbocycles. The van der Waals surface area contributed by atoms with Crippen molar-refractivity contribution in [2.45, 2.75) is 27.7 Å². The van der Waals surface area contributed by atoms with Crippen molar-refractivity contribution in [2.24, 2.45) is 0 Å². The molecule has 0 atom stereocenters. The number of benzene rings is 2. The lowest BCUT2D eigenvalue weighted by molar-refractivity contribution is -0.385. The molecule has 10 nitrogen and oxygen atoms in total. The first-order valence-electron chi connectivity index (χ1n) is 11.0. The predicted octanol–water partition coefficient (Wildman–Crippen LogP) is 6.88. The molecule has 0 amide bonds. The van der Waals surface area contributed by atoms with Crippen LogP contribution >= 0.6 is 11.6 Å². The molecule has 37 heavy (non-hydrogen) atoms. The zero-order valence-corrected chi connectivity index (χ0v) is 21.6. The normalized spacial score (nSPS) is 9.76. The summed E-state index contributed by atoms with van der Waals surface area (Å²) in [6.45, 7) is 7.48. The number of halogens is 1. The van der Waals surface area contributed by atoms with Crippen LogP contribution < -0.4 is 11.1 Å². The van der Waals surface area contributed by atoms with Crippen molar-refractivity contribution < 1.29 is 9.85 Å². The van der Waals surface area contributed by atoms with E-state index in [2.05, 4.69) is 15.3 Å². The van der Waals surface area contributed by atoms with Gasteiger partial charge >= 0.3 is 11.4 Å². The van der Waals surface area contributed by atoms with Crippen LogP contribution in [0.15, 0.2) is 73.1 Å². The molecule has 0 aliphatic heterocycles. The minimum atomic E-state index is -0.553. The maximum absolute atomic E-state index is 11.0. The zero-order valence-electron chi connectivity index (χ0n) is 20.8. The van der Waals surface area contributed by atoms with Gasteiger partial charge in [-0.05, 0) is 74.2 Å². The van der Waals surface area contributed by atoms with E-state index in [1.54, 1.807) is 20.0 Å². The van der Waals surface area contributed by atoms with Gasteiger partial charge in [0.05, 0.1) is 9.85 Å². The fourth-order valence-corrected chi connectivity index (χ4v) is 3.16. The summed E-state index contributed by atoms with van der Waals surface area (Å²) in [5.74, 6) is 0.260. The van der Waals surface area contributed by atoms with Crippen LogP contribution in [0.1, 0.15) is 22.3 Å². The molecule has 192 valence electrons. The van der Waals surface area contributed by atoms with Gasteiger partial charge in [0.1, 0.15) is 0 Å². The molecule has 0 spiro atoms. The smallest absolute Gasteiger partial charge is 0.311 e. The van der Waals surface area contributed by atoms with Gasteiger partial charge < -0.3 is 11.1 Å². The first-order chi connectivity index (χ1) is 17.5. The lowest BCUT2D eigenvalue weighted by Crippen LogP contribution is -2.00. The molecular weight excluding hydrogens is 496 g/mol. The fourth-order valence-electron chi connectivity index (χ4n) is 2.98. The summed E-state index contributed by atoms with van der Waals surface area (Å²) in [5, 5.41) is 24.1. The Morgan fingerprint density at radius 3 is 1.78 bits per heavy atom. The highest BCUT2D eigenvalue weighted by Crippen LogP contribution is 2.26. The van der Waals surface area contributed by atoms with Crippen LogP contribution in [0.25, 0.3) is 0 Å². The molecule has 2 aromatic heterocycles. The second-order valence-electron chi connectivity index (χ2n) is 8.13. The highest BCUT2D eigenvalue weighted by Gasteiger charge is 2.15. The third-order valence-corrected chi connectivity index (χ3v) is 4.97. The molecule has 0 saturated heterocycles. The Labute approximate surface area is 219 Å². The zero-order chi connectivity index (χ0) is 27.5. The average molecular weight is 523 g/mol. The summed E-state index contributed by atoms with van der Waals surface area (Å²) >= 11 is 5.44. The number of hydrogen-bond donors (Lipinski definition) is 2. The fraction of sp³-hybridized carbons (Fsp3) is 0.154. The number of aromatic nitrogens is 2. The molecule has 0 bridgehead atoms. The highest BCUT2D eigenvalue weighted by molar-refractivity contribution is 6.31. The van der Waals surface area contributed by atoms with Crippen LogP contribution in [0.3, 0.4) is 0 Å². The molecular formula is C26H27ClN6O4. The van der Waals surface area contributed by atoms with Gasteiger partial charge in [0.25, 0.3) is 0 Å². The van der Waals surface area contributed by atoms with Gasteiger partial charge in [-0.3, -0.25) is 20.2 Å². The topological polar surface area (TPSA) is 150 Å². The van der Waals surface area contributed by atoms with Crippen LogP contribution in [-0.4, -0.2) is 19.8 Å². The van der Waals surface area contributed by atoms with Crippen molar-refractivity contribution in [3.8, 4) is 0 Å². The van der Waals surface area contributed by atoms with E-state index in [-0.39, 0.29) is 22.3 Å². The molecule has 2 heterocycles. The number of aryl methyl sites for hydroxylation is 4. The number of rotatable bonds is 4. The van der Waals surface area contributed by atoms with Gasteiger partial charge in [-0.1, -0.05) is 35.9 Å². The molecule has 3 N–H and O–H groups in total. The maximum Gasteiger partial charge on any atom is 0.311 e. The Balaban J connectivity index is 0.000000215. The van der Waals surface area contributed by atoms with E-state index >= 15 is 0 Å². The maximum atomic E-state index is 11.0. The predicted molar refractivity (Wildman–Crippen MR) is 146 cm³/mol. The van der Waals surface area contributed by atoms with Crippen molar-refractivity contribution >= 4 is 40.2 Å². The average Bonchev–Trinajstić information content (AvgIpc) is 2.82. The lowest BCUT2D eigenvalue weighted by atomic mass is 10.2. The van der Waals surface area contributed by atoms with E-state index in [9.17, 15) is 20.2 Å². The van der Waals surface area contributed by atoms with Crippen LogP contribution in [0, 0.1) is 47.9 Å². The standard InChI is InChI=1S/C13H13N3O2.C7H9N.C6H5ClN2O2/c1-9-4-3-5-11(6-9)15-13-12(16(17)18)7-10(2)8-14-13;1-6-3-2-4-7(8)5-6;1-4-2-5(9(10)11)6(7)8-3-4/h3-8H,1-2H3,(H,14,15);2-5H,8H2,1H3;2-3H,1H3. The lowest BCUT2D eigenvalue weighted by Gasteiger charge is -2.07. The molecule has 11 heteroatoms. The van der Waals surface area contributed by atoms with Crippen molar-refractivity contribution in [2.75, 3.05) is 11.1 Å². The van der Waals surface area contributed by atoms with Gasteiger partial charge in [0.15, 0.2) is 0 Å². The van der Waals surface area contributed by atoms with E-state index in [1.165, 1.54) is 23.9 Å². The largest absolute Gasteiger partial charge is 0.399 e. The van der Waals surface area contributed by atoms with E-state index in [1.807, 2.05) is 62.4 Å². The van der Waals surface area contributed by atoms with Crippen LogP contribution in [0.2, 0.25) is 5.15 Å². The number of nitrogens with zero attached hydrogens (tertiary/aromatic N) is 4. The molecule has 0 saturated carbocycles. The third-order valence-electron chi connectivity index (χ3n) is 4.68. The molecule has 4 aromatic rings. The van der Waals surface area contributed by atoms with Crippen molar-refractivity contribution in [1.29, 1.82) is 0 Å². The minimum Gasteiger partial charge on any atom is -0.399 e. The summed E-state index contributed by atoms with van der Waals surface area (Å²) in [4.78, 5) is 27.9. The third kappa shape index (κ3) is 9.54. The Hall–Kier alpha value is -4.57. The summed E-state index contributed by atoms with van der Waals surface area (Å²) < 4.78 is 0. The van der Waals surface area contributed by atoms with E-state index < -0.39 is 9.85 Å². The van der Waals surface area contributed by atoms with Crippen LogP contribution in [0.5, 0.6) is 0 Å². The SMILES string of the molecule is Cc1cccc(N)c1.Cc1cccc(Nc2ncc(C)cc2[N+](=O)[O-])c1.Cc1cnc(Cl)c([N+](=O)[O-])c1. The van der Waals surface area contributed by atoms with Gasteiger partial charge in [-0.15, -0.1) is 0 Å². The molecule has 2 aromatic carbocycles. The van der Waals surface area contributed by atoms with Gasteiger partial charge in [0, 0.05) is 35.9 Å². The first-order valence-corrected chi connectivity index (χ1v) is 11.4. The number of anilines is 3. The van der Waals surface area contributed by atoms with Crippen LogP contribution in [0.4, 0.5) is 28.6 Å². The Bertz CT molecular complexity index is 1380. The summed E-state index contributed by atoms with van der Waals surface area (Å²) in [6, 6.07) is 18.3. The van der Waals surface area contributed by atoms with Crippen LogP contribution in [-0.2, 0) is 0 Å². The van der Waals surface area contributed by atoms with Crippen molar-refractivity contribution in [3.05, 3.63) is 121 Å².